The molecule has 1 aliphatic heterocycles. The zero-order chi connectivity index (χ0) is 22.2. The molecule has 0 aliphatic carbocycles. The van der Waals surface area contributed by atoms with Crippen molar-refractivity contribution >= 4 is 45.3 Å². The number of benzene rings is 2. The lowest BCUT2D eigenvalue weighted by molar-refractivity contribution is 0.0977. The quantitative estimate of drug-likeness (QED) is 0.339. The van der Waals surface area contributed by atoms with Crippen LogP contribution in [0.5, 0.6) is 0 Å². The number of carbonyl (C=O) groups is 1. The summed E-state index contributed by atoms with van der Waals surface area (Å²) in [5.74, 6) is 0.0772. The number of para-hydroxylation sites is 1. The van der Waals surface area contributed by atoms with Gasteiger partial charge in [-0.3, -0.25) is 13.9 Å². The molecule has 0 aromatic heterocycles. The topological polar surface area (TPSA) is 78.7 Å². The van der Waals surface area contributed by atoms with E-state index in [9.17, 15) is 9.00 Å². The third-order valence-corrected chi connectivity index (χ3v) is 6.57. The van der Waals surface area contributed by atoms with Crippen LogP contribution in [0, 0.1) is 0 Å². The molecule has 1 saturated heterocycles. The lowest BCUT2D eigenvalue weighted by atomic mass is 10.0. The minimum absolute atomic E-state index is 0.0772. The maximum absolute atomic E-state index is 12.6. The van der Waals surface area contributed by atoms with E-state index >= 15 is 0 Å². The molecule has 1 heterocycles. The number of ketones is 1. The highest BCUT2D eigenvalue weighted by atomic mass is 32.2. The van der Waals surface area contributed by atoms with E-state index in [-0.39, 0.29) is 10.9 Å². The average Bonchev–Trinajstić information content (AvgIpc) is 2.77. The Labute approximate surface area is 192 Å². The predicted octanol–water partition coefficient (Wildman–Crippen LogP) is 3.25. The molecule has 1 fully saturated rings. The average molecular weight is 459 g/mol. The molecule has 3 N–H and O–H groups in total. The minimum atomic E-state index is -1.20. The third kappa shape index (κ3) is 6.85. The summed E-state index contributed by atoms with van der Waals surface area (Å²) in [5.41, 5.74) is 7.97. The van der Waals surface area contributed by atoms with Gasteiger partial charge in [-0.1, -0.05) is 24.3 Å². The van der Waals surface area contributed by atoms with Crippen LogP contribution in [0.15, 0.2) is 53.4 Å². The number of hydrogen-bond acceptors (Lipinski definition) is 5. The summed E-state index contributed by atoms with van der Waals surface area (Å²) in [6.07, 6.45) is 3.91. The maximum atomic E-state index is 12.6. The van der Waals surface area contributed by atoms with Crippen molar-refractivity contribution in [3.63, 3.8) is 0 Å². The van der Waals surface area contributed by atoms with Crippen molar-refractivity contribution < 1.29 is 9.00 Å². The van der Waals surface area contributed by atoms with E-state index in [4.69, 9.17) is 18.0 Å². The molecule has 166 valence electrons. The van der Waals surface area contributed by atoms with Crippen molar-refractivity contribution in [2.24, 2.45) is 5.73 Å². The number of piperazine rings is 1. The number of nitrogens with zero attached hydrogens (tertiary/aromatic N) is 2. The van der Waals surface area contributed by atoms with Crippen LogP contribution in [-0.2, 0) is 10.8 Å². The van der Waals surface area contributed by atoms with Gasteiger partial charge in [0.05, 0.1) is 21.4 Å². The molecule has 0 amide bonds. The molecule has 0 bridgehead atoms. The Morgan fingerprint density at radius 1 is 1.10 bits per heavy atom. The van der Waals surface area contributed by atoms with Crippen LogP contribution in [0.2, 0.25) is 0 Å². The lowest BCUT2D eigenvalue weighted by Crippen LogP contribution is -2.46. The molecule has 1 aliphatic rings. The SMILES string of the molecule is CS(=O)c1ccc(C(=O)CCCCN2CCN(c3ccccc3)CC2)cc1NC(N)=S. The van der Waals surface area contributed by atoms with Crippen LogP contribution in [0.1, 0.15) is 29.6 Å². The van der Waals surface area contributed by atoms with Gasteiger partial charge >= 0.3 is 0 Å². The molecule has 2 aromatic carbocycles. The molecule has 31 heavy (non-hydrogen) atoms. The van der Waals surface area contributed by atoms with Crippen molar-refractivity contribution in [1.82, 2.24) is 4.90 Å². The van der Waals surface area contributed by atoms with Gasteiger partial charge in [-0.05, 0) is 55.9 Å². The van der Waals surface area contributed by atoms with Gasteiger partial charge in [-0.2, -0.15) is 0 Å². The van der Waals surface area contributed by atoms with Crippen LogP contribution in [0.4, 0.5) is 11.4 Å². The van der Waals surface area contributed by atoms with E-state index in [1.807, 2.05) is 6.07 Å². The first-order chi connectivity index (χ1) is 14.9. The molecule has 2 aromatic rings. The second kappa shape index (κ2) is 11.4. The number of anilines is 2. The van der Waals surface area contributed by atoms with Gasteiger partial charge in [-0.15, -0.1) is 0 Å². The van der Waals surface area contributed by atoms with Crippen LogP contribution in [0.25, 0.3) is 0 Å². The summed E-state index contributed by atoms with van der Waals surface area (Å²) in [6, 6.07) is 15.7. The Kier molecular flexibility index (Phi) is 8.57. The van der Waals surface area contributed by atoms with Gasteiger partial charge in [0.15, 0.2) is 10.9 Å². The van der Waals surface area contributed by atoms with Crippen molar-refractivity contribution in [3.8, 4) is 0 Å². The van der Waals surface area contributed by atoms with Crippen LogP contribution in [-0.4, -0.2) is 59.0 Å². The molecule has 3 rings (SSSR count). The van der Waals surface area contributed by atoms with E-state index in [1.165, 1.54) is 5.69 Å². The Hall–Kier alpha value is -2.29. The first-order valence-corrected chi connectivity index (χ1v) is 12.5. The van der Waals surface area contributed by atoms with E-state index in [2.05, 4.69) is 39.4 Å². The Morgan fingerprint density at radius 2 is 1.81 bits per heavy atom. The number of nitrogens with two attached hydrogens (primary N) is 1. The number of carbonyl (C=O) groups excluding carboxylic acids is 1. The van der Waals surface area contributed by atoms with E-state index in [1.54, 1.807) is 24.5 Å². The molecular weight excluding hydrogens is 428 g/mol. The fraction of sp³-hybridized carbons (Fsp3) is 0.391. The van der Waals surface area contributed by atoms with Gasteiger partial charge in [0, 0.05) is 50.1 Å². The Balaban J connectivity index is 1.43. The number of rotatable bonds is 9. The van der Waals surface area contributed by atoms with Crippen LogP contribution >= 0.6 is 12.2 Å². The van der Waals surface area contributed by atoms with Gasteiger partial charge in [-0.25, -0.2) is 0 Å². The zero-order valence-corrected chi connectivity index (χ0v) is 19.5. The van der Waals surface area contributed by atoms with Crippen molar-refractivity contribution in [1.29, 1.82) is 0 Å². The summed E-state index contributed by atoms with van der Waals surface area (Å²) in [5, 5.41) is 2.92. The monoisotopic (exact) mass is 458 g/mol. The van der Waals surface area contributed by atoms with Crippen LogP contribution < -0.4 is 16.0 Å². The normalized spacial score (nSPS) is 15.5. The van der Waals surface area contributed by atoms with Gasteiger partial charge < -0.3 is 16.0 Å². The Bertz CT molecular complexity index is 928. The molecule has 1 unspecified atom stereocenters. The summed E-state index contributed by atoms with van der Waals surface area (Å²) >= 11 is 4.89. The zero-order valence-electron chi connectivity index (χ0n) is 17.9. The number of thiocarbonyl (C=S) groups is 1. The van der Waals surface area contributed by atoms with Crippen molar-refractivity contribution in [3.05, 3.63) is 54.1 Å². The summed E-state index contributed by atoms with van der Waals surface area (Å²) < 4.78 is 11.9. The van der Waals surface area contributed by atoms with E-state index < -0.39 is 10.8 Å². The van der Waals surface area contributed by atoms with Gasteiger partial charge in [0.1, 0.15) is 0 Å². The highest BCUT2D eigenvalue weighted by Gasteiger charge is 2.17. The largest absolute Gasteiger partial charge is 0.376 e. The molecule has 6 nitrogen and oxygen atoms in total. The molecule has 0 spiro atoms. The minimum Gasteiger partial charge on any atom is -0.376 e. The summed E-state index contributed by atoms with van der Waals surface area (Å²) in [4.78, 5) is 18.1. The second-order valence-electron chi connectivity index (χ2n) is 7.70. The second-order valence-corrected chi connectivity index (χ2v) is 9.49. The maximum Gasteiger partial charge on any atom is 0.168 e. The summed E-state index contributed by atoms with van der Waals surface area (Å²) in [7, 11) is -1.20. The fourth-order valence-electron chi connectivity index (χ4n) is 3.82. The standard InChI is InChI=1S/C23H30N4O2S2/c1-31(29)22-11-10-18(17-20(22)25-23(24)30)21(28)9-5-6-12-26-13-15-27(16-14-26)19-7-3-2-4-8-19/h2-4,7-8,10-11,17H,5-6,9,12-16H2,1H3,(H3,24,25,30). The molecule has 0 radical (unpaired) electrons. The first-order valence-electron chi connectivity index (χ1n) is 10.5. The fourth-order valence-corrected chi connectivity index (χ4v) is 4.61. The number of unbranched alkanes of at least 4 members (excludes halogenated alkanes) is 1. The number of hydrogen-bond donors (Lipinski definition) is 2. The predicted molar refractivity (Wildman–Crippen MR) is 132 cm³/mol. The van der Waals surface area contributed by atoms with Gasteiger partial charge in [0.25, 0.3) is 0 Å². The Morgan fingerprint density at radius 3 is 2.45 bits per heavy atom. The molecular formula is C23H30N4O2S2. The highest BCUT2D eigenvalue weighted by molar-refractivity contribution is 7.84. The molecule has 1 atom stereocenters. The molecule has 0 saturated carbocycles. The lowest BCUT2D eigenvalue weighted by Gasteiger charge is -2.36. The summed E-state index contributed by atoms with van der Waals surface area (Å²) in [6.45, 7) is 5.18. The van der Waals surface area contributed by atoms with E-state index in [0.29, 0.717) is 22.6 Å². The third-order valence-electron chi connectivity index (χ3n) is 5.49. The smallest absolute Gasteiger partial charge is 0.168 e. The number of Topliss-reactive ketones (excluding diaryl/α,β-unsaturated/α-hetero) is 1. The first kappa shape index (κ1) is 23.4. The van der Waals surface area contributed by atoms with Gasteiger partial charge in [0.2, 0.25) is 0 Å². The number of nitrogens with one attached hydrogen (secondary N) is 1. The van der Waals surface area contributed by atoms with E-state index in [0.717, 1.165) is 45.6 Å². The van der Waals surface area contributed by atoms with Crippen molar-refractivity contribution in [2.45, 2.75) is 24.2 Å². The van der Waals surface area contributed by atoms with Crippen molar-refractivity contribution in [2.75, 3.05) is 49.2 Å². The molecule has 8 heteroatoms. The highest BCUT2D eigenvalue weighted by Crippen LogP contribution is 2.22. The van der Waals surface area contributed by atoms with Crippen LogP contribution in [0.3, 0.4) is 0 Å².